The lowest BCUT2D eigenvalue weighted by Gasteiger charge is -2.05. The van der Waals surface area contributed by atoms with Crippen molar-refractivity contribution < 1.29 is 9.13 Å². The number of hydrogen-bond donors (Lipinski definition) is 2. The number of hydrogen-bond acceptors (Lipinski definition) is 2. The molecule has 0 bridgehead atoms. The van der Waals surface area contributed by atoms with E-state index < -0.39 is 5.82 Å². The molecule has 13 heavy (non-hydrogen) atoms. The van der Waals surface area contributed by atoms with Crippen LogP contribution in [0.2, 0.25) is 0 Å². The Balaban J connectivity index is 2.89. The van der Waals surface area contributed by atoms with Crippen LogP contribution in [0.4, 0.5) is 10.1 Å². The highest BCUT2D eigenvalue weighted by Crippen LogP contribution is 2.20. The Bertz CT molecular complexity index is 330. The lowest BCUT2D eigenvalue weighted by Crippen LogP contribution is -2.18. The number of thiocarbonyl (C=S) groups is 1. The van der Waals surface area contributed by atoms with Gasteiger partial charge in [-0.3, -0.25) is 0 Å². The highest BCUT2D eigenvalue weighted by molar-refractivity contribution is 7.80. The van der Waals surface area contributed by atoms with Crippen molar-refractivity contribution in [2.24, 2.45) is 5.73 Å². The number of anilines is 1. The highest BCUT2D eigenvalue weighted by Gasteiger charge is 2.02. The zero-order valence-electron chi connectivity index (χ0n) is 7.00. The Morgan fingerprint density at radius 1 is 1.62 bits per heavy atom. The van der Waals surface area contributed by atoms with Gasteiger partial charge in [0.05, 0.1) is 7.11 Å². The van der Waals surface area contributed by atoms with Crippen LogP contribution in [-0.2, 0) is 0 Å². The Morgan fingerprint density at radius 2 is 2.31 bits per heavy atom. The number of methoxy groups -OCH3 is 1. The molecule has 70 valence electrons. The van der Waals surface area contributed by atoms with Crippen LogP contribution in [0, 0.1) is 5.82 Å². The molecule has 0 saturated carbocycles. The fourth-order valence-corrected chi connectivity index (χ4v) is 1.00. The summed E-state index contributed by atoms with van der Waals surface area (Å²) in [5.74, 6) is -0.266. The van der Waals surface area contributed by atoms with Crippen LogP contribution in [0.1, 0.15) is 0 Å². The third-order valence-corrected chi connectivity index (χ3v) is 1.52. The Hall–Kier alpha value is -1.36. The number of halogens is 1. The zero-order chi connectivity index (χ0) is 9.84. The molecule has 0 aromatic heterocycles. The van der Waals surface area contributed by atoms with Gasteiger partial charge in [0, 0.05) is 11.8 Å². The largest absolute Gasteiger partial charge is 0.494 e. The lowest BCUT2D eigenvalue weighted by molar-refractivity contribution is 0.387. The molecule has 0 amide bonds. The maximum atomic E-state index is 13.1. The minimum Gasteiger partial charge on any atom is -0.494 e. The molecule has 0 fully saturated rings. The van der Waals surface area contributed by atoms with Gasteiger partial charge in [0.2, 0.25) is 0 Å². The van der Waals surface area contributed by atoms with E-state index in [-0.39, 0.29) is 10.9 Å². The molecule has 0 radical (unpaired) electrons. The second-order valence-corrected chi connectivity index (χ2v) is 2.78. The van der Waals surface area contributed by atoms with Gasteiger partial charge in [0.25, 0.3) is 0 Å². The van der Waals surface area contributed by atoms with Gasteiger partial charge in [-0.1, -0.05) is 0 Å². The fourth-order valence-electron chi connectivity index (χ4n) is 0.886. The summed E-state index contributed by atoms with van der Waals surface area (Å²) in [5, 5.41) is 2.71. The molecule has 0 aliphatic carbocycles. The van der Waals surface area contributed by atoms with Crippen molar-refractivity contribution in [1.29, 1.82) is 0 Å². The topological polar surface area (TPSA) is 47.3 Å². The summed E-state index contributed by atoms with van der Waals surface area (Å²) in [6, 6.07) is 4.38. The summed E-state index contributed by atoms with van der Waals surface area (Å²) in [7, 11) is 1.40. The van der Waals surface area contributed by atoms with E-state index in [1.807, 2.05) is 0 Å². The van der Waals surface area contributed by atoms with Gasteiger partial charge in [-0.15, -0.1) is 0 Å². The smallest absolute Gasteiger partial charge is 0.168 e. The molecule has 1 rings (SSSR count). The average molecular weight is 200 g/mol. The quantitative estimate of drug-likeness (QED) is 0.710. The van der Waals surface area contributed by atoms with Gasteiger partial charge >= 0.3 is 0 Å². The minimum atomic E-state index is -0.455. The van der Waals surface area contributed by atoms with E-state index in [2.05, 4.69) is 17.5 Å². The Kier molecular flexibility index (Phi) is 3.02. The maximum absolute atomic E-state index is 13.1. The minimum absolute atomic E-state index is 0.101. The predicted octanol–water partition coefficient (Wildman–Crippen LogP) is 1.49. The molecule has 3 nitrogen and oxygen atoms in total. The Morgan fingerprint density at radius 3 is 2.77 bits per heavy atom. The van der Waals surface area contributed by atoms with Crippen molar-refractivity contribution in [2.75, 3.05) is 12.4 Å². The summed E-state index contributed by atoms with van der Waals surface area (Å²) in [6.07, 6.45) is 0. The first-order chi connectivity index (χ1) is 6.13. The summed E-state index contributed by atoms with van der Waals surface area (Å²) in [6.45, 7) is 0. The molecular weight excluding hydrogens is 191 g/mol. The van der Waals surface area contributed by atoms with Crippen LogP contribution < -0.4 is 15.8 Å². The number of nitrogens with two attached hydrogens (primary N) is 1. The standard InChI is InChI=1S/C8H9FN2OS/c1-12-7-3-2-5(4-6(7)9)11-8(10)13/h2-4H,1H3,(H3,10,11,13). The van der Waals surface area contributed by atoms with Crippen molar-refractivity contribution in [3.63, 3.8) is 0 Å². The second-order valence-electron chi connectivity index (χ2n) is 2.34. The number of benzene rings is 1. The molecule has 0 heterocycles. The van der Waals surface area contributed by atoms with E-state index in [1.54, 1.807) is 6.07 Å². The fraction of sp³-hybridized carbons (Fsp3) is 0.125. The molecule has 0 aliphatic rings. The molecule has 0 aliphatic heterocycles. The molecule has 0 unspecified atom stereocenters. The van der Waals surface area contributed by atoms with E-state index >= 15 is 0 Å². The first-order valence-electron chi connectivity index (χ1n) is 3.53. The SMILES string of the molecule is COc1ccc(NC(N)=S)cc1F. The van der Waals surface area contributed by atoms with Crippen molar-refractivity contribution in [3.8, 4) is 5.75 Å². The van der Waals surface area contributed by atoms with Crippen LogP contribution in [0.15, 0.2) is 18.2 Å². The number of nitrogens with one attached hydrogen (secondary N) is 1. The van der Waals surface area contributed by atoms with E-state index in [0.29, 0.717) is 5.69 Å². The second kappa shape index (κ2) is 4.04. The normalized spacial score (nSPS) is 9.38. The first kappa shape index (κ1) is 9.73. The van der Waals surface area contributed by atoms with Crippen molar-refractivity contribution in [1.82, 2.24) is 0 Å². The summed E-state index contributed by atoms with van der Waals surface area (Å²) in [5.41, 5.74) is 5.72. The lowest BCUT2D eigenvalue weighted by atomic mass is 10.3. The maximum Gasteiger partial charge on any atom is 0.168 e. The molecule has 0 atom stereocenters. The first-order valence-corrected chi connectivity index (χ1v) is 3.94. The monoisotopic (exact) mass is 200 g/mol. The molecule has 0 saturated heterocycles. The van der Waals surface area contributed by atoms with Gasteiger partial charge in [0.1, 0.15) is 0 Å². The van der Waals surface area contributed by atoms with Gasteiger partial charge in [-0.05, 0) is 24.4 Å². The van der Waals surface area contributed by atoms with Crippen molar-refractivity contribution >= 4 is 23.0 Å². The summed E-state index contributed by atoms with van der Waals surface area (Å²) >= 11 is 4.60. The van der Waals surface area contributed by atoms with Gasteiger partial charge in [-0.25, -0.2) is 4.39 Å². The molecule has 3 N–H and O–H groups in total. The molecule has 0 spiro atoms. The third kappa shape index (κ3) is 2.55. The average Bonchev–Trinajstić information content (AvgIpc) is 2.03. The van der Waals surface area contributed by atoms with E-state index in [0.717, 1.165) is 0 Å². The van der Waals surface area contributed by atoms with Gasteiger partial charge in [0.15, 0.2) is 16.7 Å². The number of rotatable bonds is 2. The zero-order valence-corrected chi connectivity index (χ0v) is 7.82. The van der Waals surface area contributed by atoms with Crippen LogP contribution in [0.25, 0.3) is 0 Å². The van der Waals surface area contributed by atoms with E-state index in [9.17, 15) is 4.39 Å². The number of ether oxygens (including phenoxy) is 1. The van der Waals surface area contributed by atoms with E-state index in [4.69, 9.17) is 10.5 Å². The van der Waals surface area contributed by atoms with Crippen LogP contribution in [0.5, 0.6) is 5.75 Å². The Labute approximate surface area is 80.7 Å². The van der Waals surface area contributed by atoms with Crippen molar-refractivity contribution in [3.05, 3.63) is 24.0 Å². The highest BCUT2D eigenvalue weighted by atomic mass is 32.1. The van der Waals surface area contributed by atoms with Crippen molar-refractivity contribution in [2.45, 2.75) is 0 Å². The van der Waals surface area contributed by atoms with Crippen LogP contribution in [0.3, 0.4) is 0 Å². The summed E-state index contributed by atoms with van der Waals surface area (Å²) < 4.78 is 17.8. The van der Waals surface area contributed by atoms with Gasteiger partial charge < -0.3 is 15.8 Å². The molecule has 1 aromatic carbocycles. The molecular formula is C8H9FN2OS. The molecule has 5 heteroatoms. The van der Waals surface area contributed by atoms with Crippen LogP contribution >= 0.6 is 12.2 Å². The predicted molar refractivity (Wildman–Crippen MR) is 53.4 cm³/mol. The third-order valence-electron chi connectivity index (χ3n) is 1.42. The summed E-state index contributed by atoms with van der Waals surface area (Å²) in [4.78, 5) is 0. The van der Waals surface area contributed by atoms with E-state index in [1.165, 1.54) is 19.2 Å². The van der Waals surface area contributed by atoms with Crippen LogP contribution in [-0.4, -0.2) is 12.2 Å². The molecule has 1 aromatic rings. The van der Waals surface area contributed by atoms with Gasteiger partial charge in [-0.2, -0.15) is 0 Å².